The van der Waals surface area contributed by atoms with Crippen LogP contribution in [-0.4, -0.2) is 32.6 Å². The number of carbonyl (C=O) groups is 2. The van der Waals surface area contributed by atoms with Gasteiger partial charge in [-0.15, -0.1) is 5.10 Å². The van der Waals surface area contributed by atoms with Gasteiger partial charge in [-0.1, -0.05) is 25.3 Å². The quantitative estimate of drug-likeness (QED) is 0.865. The van der Waals surface area contributed by atoms with Crippen molar-refractivity contribution in [3.63, 3.8) is 0 Å². The monoisotopic (exact) mass is 271 g/mol. The molecule has 0 radical (unpaired) electrons. The number of carboxylic acid groups (broad SMARTS) is 1. The molecule has 0 aliphatic carbocycles. The highest BCUT2D eigenvalue weighted by molar-refractivity contribution is 7.08. The summed E-state index contributed by atoms with van der Waals surface area (Å²) in [5.74, 6) is -1.25. The molecule has 0 bridgehead atoms. The Hall–Kier alpha value is -1.50. The number of aryl methyl sites for hydroxylation is 1. The van der Waals surface area contributed by atoms with Crippen LogP contribution in [0.2, 0.25) is 0 Å². The first-order valence-corrected chi connectivity index (χ1v) is 6.30. The molecular formula is C11H17N3O3S. The molecule has 0 saturated carbocycles. The summed E-state index contributed by atoms with van der Waals surface area (Å²) in [5, 5.41) is 15.4. The summed E-state index contributed by atoms with van der Waals surface area (Å²) in [4.78, 5) is 23.2. The van der Waals surface area contributed by atoms with E-state index in [2.05, 4.69) is 14.9 Å². The predicted octanol–water partition coefficient (Wildman–Crippen LogP) is 1.47. The van der Waals surface area contributed by atoms with E-state index in [-0.39, 0.29) is 17.7 Å². The van der Waals surface area contributed by atoms with Gasteiger partial charge in [-0.05, 0) is 23.9 Å². The predicted molar refractivity (Wildman–Crippen MR) is 67.6 cm³/mol. The van der Waals surface area contributed by atoms with Crippen LogP contribution in [-0.2, 0) is 4.79 Å². The molecule has 1 atom stereocenters. The van der Waals surface area contributed by atoms with Crippen LogP contribution in [0.25, 0.3) is 0 Å². The van der Waals surface area contributed by atoms with E-state index in [1.807, 2.05) is 20.8 Å². The minimum Gasteiger partial charge on any atom is -0.481 e. The Bertz CT molecular complexity index is 451. The maximum Gasteiger partial charge on any atom is 0.305 e. The lowest BCUT2D eigenvalue weighted by molar-refractivity contribution is -0.138. The highest BCUT2D eigenvalue weighted by atomic mass is 32.1. The van der Waals surface area contributed by atoms with Crippen molar-refractivity contribution >= 4 is 23.4 Å². The standard InChI is InChI=1S/C11H17N3O3S/c1-6-9(18-14-13-6)10(17)12-7(5-8(15)16)11(2,3)4/h7H,5H2,1-4H3,(H,12,17)(H,15,16). The van der Waals surface area contributed by atoms with Crippen molar-refractivity contribution in [2.45, 2.75) is 40.2 Å². The average Bonchev–Trinajstić information content (AvgIpc) is 2.61. The summed E-state index contributed by atoms with van der Waals surface area (Å²) in [5.41, 5.74) is 0.223. The van der Waals surface area contributed by atoms with E-state index < -0.39 is 12.0 Å². The van der Waals surface area contributed by atoms with Gasteiger partial charge in [-0.3, -0.25) is 9.59 Å². The first-order chi connectivity index (χ1) is 8.21. The number of hydrogen-bond acceptors (Lipinski definition) is 5. The van der Waals surface area contributed by atoms with Crippen LogP contribution < -0.4 is 5.32 Å². The fraction of sp³-hybridized carbons (Fsp3) is 0.636. The van der Waals surface area contributed by atoms with Crippen LogP contribution in [0, 0.1) is 12.3 Å². The van der Waals surface area contributed by atoms with E-state index in [1.165, 1.54) is 0 Å². The van der Waals surface area contributed by atoms with E-state index in [4.69, 9.17) is 5.11 Å². The Balaban J connectivity index is 2.82. The van der Waals surface area contributed by atoms with Crippen molar-refractivity contribution in [3.8, 4) is 0 Å². The number of aromatic nitrogens is 2. The Kier molecular flexibility index (Phi) is 4.39. The topological polar surface area (TPSA) is 92.2 Å². The summed E-state index contributed by atoms with van der Waals surface area (Å²) in [7, 11) is 0. The van der Waals surface area contributed by atoms with Gasteiger partial charge in [-0.2, -0.15) is 0 Å². The Morgan fingerprint density at radius 3 is 2.44 bits per heavy atom. The summed E-state index contributed by atoms with van der Waals surface area (Å²) in [6.07, 6.45) is -0.111. The number of carbonyl (C=O) groups excluding carboxylic acids is 1. The van der Waals surface area contributed by atoms with E-state index in [9.17, 15) is 9.59 Å². The van der Waals surface area contributed by atoms with Gasteiger partial charge < -0.3 is 10.4 Å². The molecule has 1 unspecified atom stereocenters. The van der Waals surface area contributed by atoms with Crippen molar-refractivity contribution in [1.82, 2.24) is 14.9 Å². The number of nitrogens with zero attached hydrogens (tertiary/aromatic N) is 2. The van der Waals surface area contributed by atoms with Gasteiger partial charge in [0.15, 0.2) is 0 Å². The molecule has 0 aliphatic heterocycles. The zero-order valence-corrected chi connectivity index (χ0v) is 11.7. The fourth-order valence-corrected chi connectivity index (χ4v) is 1.97. The van der Waals surface area contributed by atoms with Gasteiger partial charge in [0, 0.05) is 6.04 Å². The second-order valence-electron chi connectivity index (χ2n) is 5.18. The van der Waals surface area contributed by atoms with Crippen LogP contribution in [0.15, 0.2) is 0 Å². The minimum atomic E-state index is -0.936. The van der Waals surface area contributed by atoms with Crippen LogP contribution >= 0.6 is 11.5 Å². The lowest BCUT2D eigenvalue weighted by atomic mass is 9.84. The largest absolute Gasteiger partial charge is 0.481 e. The van der Waals surface area contributed by atoms with Crippen molar-refractivity contribution in [2.24, 2.45) is 5.41 Å². The molecule has 100 valence electrons. The molecule has 1 heterocycles. The lowest BCUT2D eigenvalue weighted by Crippen LogP contribution is -2.45. The van der Waals surface area contributed by atoms with Crippen LogP contribution in [0.5, 0.6) is 0 Å². The molecule has 1 amide bonds. The minimum absolute atomic E-state index is 0.111. The number of nitrogens with one attached hydrogen (secondary N) is 1. The Labute approximate surface area is 110 Å². The number of rotatable bonds is 4. The third kappa shape index (κ3) is 3.76. The van der Waals surface area contributed by atoms with Crippen molar-refractivity contribution in [3.05, 3.63) is 10.6 Å². The van der Waals surface area contributed by atoms with E-state index >= 15 is 0 Å². The molecule has 1 aromatic rings. The summed E-state index contributed by atoms with van der Waals surface area (Å²) < 4.78 is 3.69. The van der Waals surface area contributed by atoms with Gasteiger partial charge in [0.05, 0.1) is 12.1 Å². The molecular weight excluding hydrogens is 254 g/mol. The van der Waals surface area contributed by atoms with Crippen molar-refractivity contribution in [2.75, 3.05) is 0 Å². The fourth-order valence-electron chi connectivity index (χ4n) is 1.41. The zero-order valence-electron chi connectivity index (χ0n) is 10.9. The molecule has 0 aromatic carbocycles. The molecule has 7 heteroatoms. The maximum absolute atomic E-state index is 12.0. The SMILES string of the molecule is Cc1nnsc1C(=O)NC(CC(=O)O)C(C)(C)C. The molecule has 0 fully saturated rings. The van der Waals surface area contributed by atoms with E-state index in [1.54, 1.807) is 6.92 Å². The lowest BCUT2D eigenvalue weighted by Gasteiger charge is -2.30. The Morgan fingerprint density at radius 1 is 1.44 bits per heavy atom. The molecule has 0 spiro atoms. The average molecular weight is 271 g/mol. The van der Waals surface area contributed by atoms with Crippen LogP contribution in [0.4, 0.5) is 0 Å². The van der Waals surface area contributed by atoms with Gasteiger partial charge in [0.2, 0.25) is 0 Å². The highest BCUT2D eigenvalue weighted by Gasteiger charge is 2.29. The van der Waals surface area contributed by atoms with E-state index in [0.717, 1.165) is 11.5 Å². The second-order valence-corrected chi connectivity index (χ2v) is 5.93. The van der Waals surface area contributed by atoms with Crippen molar-refractivity contribution in [1.29, 1.82) is 0 Å². The first kappa shape index (κ1) is 14.6. The first-order valence-electron chi connectivity index (χ1n) is 5.53. The van der Waals surface area contributed by atoms with Gasteiger partial charge in [-0.25, -0.2) is 0 Å². The molecule has 0 saturated heterocycles. The highest BCUT2D eigenvalue weighted by Crippen LogP contribution is 2.22. The number of hydrogen-bond donors (Lipinski definition) is 2. The number of carboxylic acids is 1. The molecule has 6 nitrogen and oxygen atoms in total. The zero-order chi connectivity index (χ0) is 13.9. The normalized spacial score (nSPS) is 13.1. The maximum atomic E-state index is 12.0. The second kappa shape index (κ2) is 5.43. The van der Waals surface area contributed by atoms with Gasteiger partial charge in [0.1, 0.15) is 4.88 Å². The number of aliphatic carboxylic acids is 1. The molecule has 0 aliphatic rings. The van der Waals surface area contributed by atoms with Crippen LogP contribution in [0.1, 0.15) is 42.6 Å². The summed E-state index contributed by atoms with van der Waals surface area (Å²) in [6, 6.07) is -0.441. The molecule has 2 N–H and O–H groups in total. The molecule has 18 heavy (non-hydrogen) atoms. The van der Waals surface area contributed by atoms with Gasteiger partial charge in [0.25, 0.3) is 5.91 Å². The third-order valence-electron chi connectivity index (χ3n) is 2.59. The molecule has 1 aromatic heterocycles. The summed E-state index contributed by atoms with van der Waals surface area (Å²) >= 11 is 1.01. The van der Waals surface area contributed by atoms with Crippen LogP contribution in [0.3, 0.4) is 0 Å². The van der Waals surface area contributed by atoms with Crippen molar-refractivity contribution < 1.29 is 14.7 Å². The summed E-state index contributed by atoms with van der Waals surface area (Å²) in [6.45, 7) is 7.36. The Morgan fingerprint density at radius 2 is 2.06 bits per heavy atom. The van der Waals surface area contributed by atoms with E-state index in [0.29, 0.717) is 10.6 Å². The smallest absolute Gasteiger partial charge is 0.305 e. The number of amides is 1. The third-order valence-corrected chi connectivity index (χ3v) is 3.41. The molecule has 1 rings (SSSR count). The van der Waals surface area contributed by atoms with Gasteiger partial charge >= 0.3 is 5.97 Å².